The summed E-state index contributed by atoms with van der Waals surface area (Å²) < 4.78 is 23.1. The first-order valence-corrected chi connectivity index (χ1v) is 13.9. The number of para-hydroxylation sites is 1. The lowest BCUT2D eigenvalue weighted by Crippen LogP contribution is -2.11. The maximum atomic E-state index is 12.9. The first-order chi connectivity index (χ1) is 17.9. The van der Waals surface area contributed by atoms with Crippen molar-refractivity contribution in [3.63, 3.8) is 0 Å². The molecule has 0 spiro atoms. The largest absolute Gasteiger partial charge is 0.340 e. The summed E-state index contributed by atoms with van der Waals surface area (Å²) in [6.45, 7) is 0. The van der Waals surface area contributed by atoms with E-state index < -0.39 is 10.0 Å². The number of aromatic nitrogens is 2. The third kappa shape index (κ3) is 5.86. The second-order valence-electron chi connectivity index (χ2n) is 8.22. The minimum atomic E-state index is -3.78. The number of nitrogens with one attached hydrogen (secondary N) is 1. The van der Waals surface area contributed by atoms with Crippen molar-refractivity contribution < 1.29 is 13.2 Å². The fourth-order valence-electron chi connectivity index (χ4n) is 3.77. The van der Waals surface area contributed by atoms with E-state index in [-0.39, 0.29) is 16.4 Å². The molecule has 3 N–H and O–H groups in total. The van der Waals surface area contributed by atoms with Crippen LogP contribution in [0.25, 0.3) is 22.0 Å². The van der Waals surface area contributed by atoms with Gasteiger partial charge in [-0.25, -0.2) is 23.5 Å². The fourth-order valence-corrected chi connectivity index (χ4v) is 5.03. The van der Waals surface area contributed by atoms with E-state index in [4.69, 9.17) is 5.14 Å². The Bertz CT molecular complexity index is 1670. The van der Waals surface area contributed by atoms with Gasteiger partial charge in [0.25, 0.3) is 0 Å². The summed E-state index contributed by atoms with van der Waals surface area (Å²) in [4.78, 5) is 22.1. The van der Waals surface area contributed by atoms with E-state index in [1.807, 2.05) is 78.9 Å². The molecule has 0 aliphatic heterocycles. The quantitative estimate of drug-likeness (QED) is 0.152. The number of sulfonamides is 1. The van der Waals surface area contributed by atoms with Gasteiger partial charge in [0.2, 0.25) is 10.0 Å². The van der Waals surface area contributed by atoms with Crippen LogP contribution in [0.1, 0.15) is 10.4 Å². The molecule has 0 bridgehead atoms. The average molecular weight is 527 g/mol. The Morgan fingerprint density at radius 1 is 0.784 bits per heavy atom. The first kappa shape index (κ1) is 24.6. The highest BCUT2D eigenvalue weighted by Gasteiger charge is 2.13. The Morgan fingerprint density at radius 2 is 1.43 bits per heavy atom. The SMILES string of the molecule is NS(=O)(=O)c1ccc(Nc2nc(SCC(=O)c3ccc(-c4ccccc4)cc3)nc3ccccc23)cc1. The number of carbonyl (C=O) groups is 1. The molecule has 0 atom stereocenters. The molecule has 1 heterocycles. The van der Waals surface area contributed by atoms with E-state index in [1.54, 1.807) is 12.1 Å². The molecule has 0 saturated carbocycles. The second-order valence-corrected chi connectivity index (χ2v) is 10.7. The van der Waals surface area contributed by atoms with Crippen molar-refractivity contribution in [2.24, 2.45) is 5.14 Å². The topological polar surface area (TPSA) is 115 Å². The lowest BCUT2D eigenvalue weighted by molar-refractivity contribution is 0.102. The van der Waals surface area contributed by atoms with Crippen molar-refractivity contribution in [1.82, 2.24) is 9.97 Å². The van der Waals surface area contributed by atoms with Crippen LogP contribution in [0.4, 0.5) is 11.5 Å². The van der Waals surface area contributed by atoms with Gasteiger partial charge >= 0.3 is 0 Å². The normalized spacial score (nSPS) is 11.4. The van der Waals surface area contributed by atoms with Gasteiger partial charge in [0.1, 0.15) is 5.82 Å². The van der Waals surface area contributed by atoms with E-state index in [2.05, 4.69) is 15.3 Å². The van der Waals surface area contributed by atoms with Crippen molar-refractivity contribution in [2.45, 2.75) is 10.1 Å². The van der Waals surface area contributed by atoms with Crippen LogP contribution < -0.4 is 10.5 Å². The van der Waals surface area contributed by atoms with E-state index >= 15 is 0 Å². The highest BCUT2D eigenvalue weighted by atomic mass is 32.2. The molecular formula is C28H22N4O3S2. The standard InChI is InChI=1S/C28H22N4O3S2/c29-37(34,35)23-16-14-22(15-17-23)30-27-24-8-4-5-9-25(24)31-28(32-27)36-18-26(33)21-12-10-20(11-13-21)19-6-2-1-3-7-19/h1-17H,18H2,(H2,29,34,35)(H,30,31,32). The molecule has 5 aromatic rings. The van der Waals surface area contributed by atoms with Gasteiger partial charge in [-0.2, -0.15) is 0 Å². The number of rotatable bonds is 8. The van der Waals surface area contributed by atoms with E-state index in [0.717, 1.165) is 22.0 Å². The number of carbonyl (C=O) groups excluding carboxylic acids is 1. The highest BCUT2D eigenvalue weighted by molar-refractivity contribution is 7.99. The second kappa shape index (κ2) is 10.5. The smallest absolute Gasteiger partial charge is 0.238 e. The average Bonchev–Trinajstić information content (AvgIpc) is 2.92. The van der Waals surface area contributed by atoms with Crippen molar-refractivity contribution in [1.29, 1.82) is 0 Å². The molecule has 0 unspecified atom stereocenters. The molecule has 0 fully saturated rings. The van der Waals surface area contributed by atoms with Crippen LogP contribution >= 0.6 is 11.8 Å². The monoisotopic (exact) mass is 526 g/mol. The third-order valence-electron chi connectivity index (χ3n) is 5.67. The highest BCUT2D eigenvalue weighted by Crippen LogP contribution is 2.28. The maximum absolute atomic E-state index is 12.9. The Kier molecular flexibility index (Phi) is 7.00. The van der Waals surface area contributed by atoms with Crippen LogP contribution in [0, 0.1) is 0 Å². The van der Waals surface area contributed by atoms with Crippen molar-refractivity contribution in [3.8, 4) is 11.1 Å². The number of fused-ring (bicyclic) bond motifs is 1. The number of nitrogens with two attached hydrogens (primary N) is 1. The molecule has 7 nitrogen and oxygen atoms in total. The number of ketones is 1. The molecule has 1 aromatic heterocycles. The van der Waals surface area contributed by atoms with E-state index in [1.165, 1.54) is 23.9 Å². The molecular weight excluding hydrogens is 504 g/mol. The zero-order valence-corrected chi connectivity index (χ0v) is 21.2. The molecule has 0 radical (unpaired) electrons. The van der Waals surface area contributed by atoms with Gasteiger partial charge in [-0.15, -0.1) is 0 Å². The number of anilines is 2. The van der Waals surface area contributed by atoms with Gasteiger partial charge < -0.3 is 5.32 Å². The summed E-state index contributed by atoms with van der Waals surface area (Å²) in [6.07, 6.45) is 0. The zero-order chi connectivity index (χ0) is 25.8. The summed E-state index contributed by atoms with van der Waals surface area (Å²) in [5, 5.41) is 9.66. The van der Waals surface area contributed by atoms with Gasteiger partial charge in [-0.3, -0.25) is 4.79 Å². The van der Waals surface area contributed by atoms with Gasteiger partial charge in [0.05, 0.1) is 16.2 Å². The predicted octanol–water partition coefficient (Wildman–Crippen LogP) is 5.66. The van der Waals surface area contributed by atoms with Crippen LogP contribution in [-0.4, -0.2) is 29.9 Å². The molecule has 37 heavy (non-hydrogen) atoms. The molecule has 184 valence electrons. The van der Waals surface area contributed by atoms with E-state index in [0.29, 0.717) is 22.2 Å². The molecule has 0 amide bonds. The molecule has 5 rings (SSSR count). The molecule has 9 heteroatoms. The maximum Gasteiger partial charge on any atom is 0.238 e. The lowest BCUT2D eigenvalue weighted by Gasteiger charge is -2.11. The molecule has 0 aliphatic rings. The van der Waals surface area contributed by atoms with Crippen molar-refractivity contribution >= 4 is 50.0 Å². The van der Waals surface area contributed by atoms with Crippen LogP contribution in [0.5, 0.6) is 0 Å². The number of benzene rings is 4. The lowest BCUT2D eigenvalue weighted by atomic mass is 10.0. The van der Waals surface area contributed by atoms with E-state index in [9.17, 15) is 13.2 Å². The summed E-state index contributed by atoms with van der Waals surface area (Å²) in [7, 11) is -3.78. The molecule has 4 aromatic carbocycles. The third-order valence-corrected chi connectivity index (χ3v) is 7.45. The Balaban J connectivity index is 1.33. The summed E-state index contributed by atoms with van der Waals surface area (Å²) in [6, 6.07) is 31.2. The summed E-state index contributed by atoms with van der Waals surface area (Å²) >= 11 is 1.26. The number of hydrogen-bond donors (Lipinski definition) is 2. The Labute approximate surface area is 218 Å². The van der Waals surface area contributed by atoms with Gasteiger partial charge in [0, 0.05) is 16.6 Å². The Morgan fingerprint density at radius 3 is 2.14 bits per heavy atom. The minimum absolute atomic E-state index is 0.0190. The molecule has 0 aliphatic carbocycles. The van der Waals surface area contributed by atoms with Crippen molar-refractivity contribution in [2.75, 3.05) is 11.1 Å². The zero-order valence-electron chi connectivity index (χ0n) is 19.5. The van der Waals surface area contributed by atoms with Crippen LogP contribution in [0.3, 0.4) is 0 Å². The summed E-state index contributed by atoms with van der Waals surface area (Å²) in [5.41, 5.74) is 4.14. The number of Topliss-reactive ketones (excluding diaryl/α,β-unsaturated/α-hetero) is 1. The van der Waals surface area contributed by atoms with Crippen molar-refractivity contribution in [3.05, 3.63) is 109 Å². The number of thioether (sulfide) groups is 1. The van der Waals surface area contributed by atoms with Crippen LogP contribution in [0.2, 0.25) is 0 Å². The van der Waals surface area contributed by atoms with Gasteiger partial charge in [0.15, 0.2) is 10.9 Å². The number of hydrogen-bond acceptors (Lipinski definition) is 7. The van der Waals surface area contributed by atoms with Crippen LogP contribution in [0.15, 0.2) is 113 Å². The first-order valence-electron chi connectivity index (χ1n) is 11.3. The minimum Gasteiger partial charge on any atom is -0.340 e. The number of nitrogens with zero attached hydrogens (tertiary/aromatic N) is 2. The molecule has 0 saturated heterocycles. The Hall–Kier alpha value is -4.05. The summed E-state index contributed by atoms with van der Waals surface area (Å²) in [5.74, 6) is 0.719. The predicted molar refractivity (Wildman–Crippen MR) is 148 cm³/mol. The fraction of sp³-hybridized carbons (Fsp3) is 0.0357. The van der Waals surface area contributed by atoms with Gasteiger partial charge in [-0.1, -0.05) is 78.5 Å². The number of primary sulfonamides is 1. The van der Waals surface area contributed by atoms with Crippen LogP contribution in [-0.2, 0) is 10.0 Å². The van der Waals surface area contributed by atoms with Gasteiger partial charge in [-0.05, 0) is 47.5 Å².